The van der Waals surface area contributed by atoms with E-state index in [4.69, 9.17) is 10.2 Å². The van der Waals surface area contributed by atoms with Crippen LogP contribution in [0.25, 0.3) is 11.0 Å². The predicted octanol–water partition coefficient (Wildman–Crippen LogP) is 1.51. The maximum absolute atomic E-state index is 11.8. The Morgan fingerprint density at radius 1 is 1.38 bits per heavy atom. The smallest absolute Gasteiger partial charge is 0.255 e. The van der Waals surface area contributed by atoms with Crippen LogP contribution >= 0.6 is 0 Å². The van der Waals surface area contributed by atoms with Crippen molar-refractivity contribution >= 4 is 16.9 Å². The number of fused-ring (bicyclic) bond motifs is 1. The Bertz CT molecular complexity index is 490. The maximum atomic E-state index is 11.8. The molecular formula is C12H14N2O2. The van der Waals surface area contributed by atoms with E-state index in [0.29, 0.717) is 18.7 Å². The zero-order valence-electron chi connectivity index (χ0n) is 8.90. The summed E-state index contributed by atoms with van der Waals surface area (Å²) in [4.78, 5) is 11.8. The second kappa shape index (κ2) is 4.81. The van der Waals surface area contributed by atoms with E-state index in [1.165, 1.54) is 6.26 Å². The van der Waals surface area contributed by atoms with E-state index in [-0.39, 0.29) is 5.91 Å². The van der Waals surface area contributed by atoms with Gasteiger partial charge in [-0.15, -0.1) is 0 Å². The molecule has 3 N–H and O–H groups in total. The van der Waals surface area contributed by atoms with Gasteiger partial charge in [0.25, 0.3) is 5.91 Å². The number of nitrogens with two attached hydrogens (primary N) is 1. The van der Waals surface area contributed by atoms with E-state index in [1.54, 1.807) is 0 Å². The van der Waals surface area contributed by atoms with Crippen LogP contribution in [0.5, 0.6) is 0 Å². The first-order valence-corrected chi connectivity index (χ1v) is 5.27. The zero-order chi connectivity index (χ0) is 11.4. The highest BCUT2D eigenvalue weighted by Crippen LogP contribution is 2.20. The van der Waals surface area contributed by atoms with Crippen molar-refractivity contribution in [1.82, 2.24) is 5.32 Å². The van der Waals surface area contributed by atoms with Gasteiger partial charge in [0.15, 0.2) is 0 Å². The third kappa shape index (κ3) is 2.06. The van der Waals surface area contributed by atoms with Gasteiger partial charge in [-0.2, -0.15) is 0 Å². The van der Waals surface area contributed by atoms with E-state index < -0.39 is 0 Å². The first-order chi connectivity index (χ1) is 7.83. The number of para-hydroxylation sites is 1. The molecule has 0 bridgehead atoms. The van der Waals surface area contributed by atoms with Gasteiger partial charge >= 0.3 is 0 Å². The second-order valence-electron chi connectivity index (χ2n) is 3.54. The molecular weight excluding hydrogens is 204 g/mol. The number of amides is 1. The van der Waals surface area contributed by atoms with Gasteiger partial charge in [-0.1, -0.05) is 18.2 Å². The number of carbonyl (C=O) groups excluding carboxylic acids is 1. The number of hydrogen-bond acceptors (Lipinski definition) is 3. The summed E-state index contributed by atoms with van der Waals surface area (Å²) in [5.41, 5.74) is 6.66. The van der Waals surface area contributed by atoms with E-state index in [1.807, 2.05) is 24.3 Å². The van der Waals surface area contributed by atoms with Gasteiger partial charge in [0.05, 0.1) is 5.56 Å². The summed E-state index contributed by atoms with van der Waals surface area (Å²) in [5, 5.41) is 3.64. The average molecular weight is 218 g/mol. The molecule has 4 nitrogen and oxygen atoms in total. The fourth-order valence-electron chi connectivity index (χ4n) is 1.55. The molecule has 0 aliphatic rings. The summed E-state index contributed by atoms with van der Waals surface area (Å²) in [7, 11) is 0. The van der Waals surface area contributed by atoms with Crippen molar-refractivity contribution in [3.63, 3.8) is 0 Å². The standard InChI is InChI=1S/C12H14N2O2/c13-6-3-7-14-12(15)10-8-16-11-5-2-1-4-9(10)11/h1-2,4-5,8H,3,6-7,13H2,(H,14,15). The summed E-state index contributed by atoms with van der Waals surface area (Å²) in [6.07, 6.45) is 2.27. The molecule has 16 heavy (non-hydrogen) atoms. The van der Waals surface area contributed by atoms with Gasteiger partial charge in [0.1, 0.15) is 11.8 Å². The minimum Gasteiger partial charge on any atom is -0.463 e. The van der Waals surface area contributed by atoms with Gasteiger partial charge in [-0.25, -0.2) is 0 Å². The number of furan rings is 1. The number of benzene rings is 1. The molecule has 0 saturated heterocycles. The lowest BCUT2D eigenvalue weighted by molar-refractivity contribution is 0.0954. The van der Waals surface area contributed by atoms with Gasteiger partial charge in [-0.3, -0.25) is 4.79 Å². The molecule has 1 aromatic carbocycles. The predicted molar refractivity (Wildman–Crippen MR) is 62.2 cm³/mol. The number of nitrogens with one attached hydrogen (secondary N) is 1. The fourth-order valence-corrected chi connectivity index (χ4v) is 1.55. The van der Waals surface area contributed by atoms with E-state index in [9.17, 15) is 4.79 Å². The van der Waals surface area contributed by atoms with Crippen molar-refractivity contribution in [3.8, 4) is 0 Å². The van der Waals surface area contributed by atoms with Crippen LogP contribution in [0.3, 0.4) is 0 Å². The van der Waals surface area contributed by atoms with Crippen LogP contribution in [0.4, 0.5) is 0 Å². The molecule has 0 fully saturated rings. The Morgan fingerprint density at radius 3 is 3.00 bits per heavy atom. The van der Waals surface area contributed by atoms with Gasteiger partial charge in [0.2, 0.25) is 0 Å². The first kappa shape index (κ1) is 10.7. The topological polar surface area (TPSA) is 68.3 Å². The first-order valence-electron chi connectivity index (χ1n) is 5.27. The number of carbonyl (C=O) groups is 1. The number of rotatable bonds is 4. The molecule has 0 unspecified atom stereocenters. The minimum absolute atomic E-state index is 0.113. The molecule has 0 aliphatic carbocycles. The van der Waals surface area contributed by atoms with E-state index >= 15 is 0 Å². The summed E-state index contributed by atoms with van der Waals surface area (Å²) >= 11 is 0. The minimum atomic E-state index is -0.113. The highest BCUT2D eigenvalue weighted by molar-refractivity contribution is 6.05. The third-order valence-electron chi connectivity index (χ3n) is 2.39. The van der Waals surface area contributed by atoms with Crippen LogP contribution in [0, 0.1) is 0 Å². The van der Waals surface area contributed by atoms with Gasteiger partial charge in [0, 0.05) is 11.9 Å². The molecule has 2 aromatic rings. The van der Waals surface area contributed by atoms with Crippen LogP contribution in [-0.4, -0.2) is 19.0 Å². The van der Waals surface area contributed by atoms with Crippen LogP contribution in [0.1, 0.15) is 16.8 Å². The Morgan fingerprint density at radius 2 is 2.19 bits per heavy atom. The van der Waals surface area contributed by atoms with E-state index in [2.05, 4.69) is 5.32 Å². The van der Waals surface area contributed by atoms with Crippen LogP contribution in [0.2, 0.25) is 0 Å². The van der Waals surface area contributed by atoms with Crippen molar-refractivity contribution in [1.29, 1.82) is 0 Å². The van der Waals surface area contributed by atoms with Crippen molar-refractivity contribution in [2.24, 2.45) is 5.73 Å². The largest absolute Gasteiger partial charge is 0.463 e. The average Bonchev–Trinajstić information content (AvgIpc) is 2.73. The lowest BCUT2D eigenvalue weighted by Gasteiger charge is -2.01. The van der Waals surface area contributed by atoms with Crippen molar-refractivity contribution < 1.29 is 9.21 Å². The van der Waals surface area contributed by atoms with Crippen LogP contribution < -0.4 is 11.1 Å². The van der Waals surface area contributed by atoms with Crippen LogP contribution in [-0.2, 0) is 0 Å². The van der Waals surface area contributed by atoms with Crippen molar-refractivity contribution in [2.45, 2.75) is 6.42 Å². The zero-order valence-corrected chi connectivity index (χ0v) is 8.90. The number of hydrogen-bond donors (Lipinski definition) is 2. The molecule has 2 rings (SSSR count). The molecule has 1 amide bonds. The summed E-state index contributed by atoms with van der Waals surface area (Å²) in [5.74, 6) is -0.113. The highest BCUT2D eigenvalue weighted by atomic mass is 16.3. The van der Waals surface area contributed by atoms with Gasteiger partial charge < -0.3 is 15.5 Å². The second-order valence-corrected chi connectivity index (χ2v) is 3.54. The summed E-state index contributed by atoms with van der Waals surface area (Å²) < 4.78 is 5.29. The Hall–Kier alpha value is -1.81. The maximum Gasteiger partial charge on any atom is 0.255 e. The molecule has 0 radical (unpaired) electrons. The van der Waals surface area contributed by atoms with E-state index in [0.717, 1.165) is 17.4 Å². The normalized spacial score (nSPS) is 10.6. The summed E-state index contributed by atoms with van der Waals surface area (Å²) in [6.45, 7) is 1.17. The highest BCUT2D eigenvalue weighted by Gasteiger charge is 2.12. The SMILES string of the molecule is NCCCNC(=O)c1coc2ccccc12. The lowest BCUT2D eigenvalue weighted by atomic mass is 10.1. The fraction of sp³-hybridized carbons (Fsp3) is 0.250. The monoisotopic (exact) mass is 218 g/mol. The van der Waals surface area contributed by atoms with Crippen molar-refractivity contribution in [2.75, 3.05) is 13.1 Å². The molecule has 0 saturated carbocycles. The molecule has 1 heterocycles. The Labute approximate surface area is 93.4 Å². The quantitative estimate of drug-likeness (QED) is 0.764. The third-order valence-corrected chi connectivity index (χ3v) is 2.39. The lowest BCUT2D eigenvalue weighted by Crippen LogP contribution is -2.25. The summed E-state index contributed by atoms with van der Waals surface area (Å²) in [6, 6.07) is 7.47. The molecule has 0 aliphatic heterocycles. The molecule has 0 atom stereocenters. The van der Waals surface area contributed by atoms with Gasteiger partial charge in [-0.05, 0) is 19.0 Å². The molecule has 84 valence electrons. The Balaban J connectivity index is 2.17. The molecule has 4 heteroatoms. The molecule has 0 spiro atoms. The van der Waals surface area contributed by atoms with Crippen molar-refractivity contribution in [3.05, 3.63) is 36.1 Å². The Kier molecular flexibility index (Phi) is 3.22. The van der Waals surface area contributed by atoms with Crippen LogP contribution in [0.15, 0.2) is 34.9 Å². The molecule has 1 aromatic heterocycles.